The molecule has 0 N–H and O–H groups in total. The van der Waals surface area contributed by atoms with E-state index in [-0.39, 0.29) is 5.78 Å². The third-order valence-electron chi connectivity index (χ3n) is 2.73. The number of carbonyl (C=O) groups excluding carboxylic acids is 1. The van der Waals surface area contributed by atoms with Gasteiger partial charge in [-0.1, -0.05) is 0 Å². The molecule has 1 aliphatic heterocycles. The number of ketones is 1. The molecule has 1 aliphatic rings. The molecule has 1 fully saturated rings. The van der Waals surface area contributed by atoms with E-state index in [1.165, 1.54) is 0 Å². The minimum Gasteiger partial charge on any atom is -0.465 e. The van der Waals surface area contributed by atoms with E-state index in [1.54, 1.807) is 6.92 Å². The summed E-state index contributed by atoms with van der Waals surface area (Å²) in [6.45, 7) is 3.21. The van der Waals surface area contributed by atoms with Gasteiger partial charge >= 0.3 is 0 Å². The van der Waals surface area contributed by atoms with Crippen molar-refractivity contribution in [2.24, 2.45) is 0 Å². The van der Waals surface area contributed by atoms with Crippen LogP contribution in [-0.2, 0) is 16.0 Å². The quantitative estimate of drug-likeness (QED) is 0.765. The van der Waals surface area contributed by atoms with Gasteiger partial charge in [-0.15, -0.1) is 0 Å². The minimum atomic E-state index is 0.142. The van der Waals surface area contributed by atoms with Gasteiger partial charge in [-0.2, -0.15) is 0 Å². The van der Waals surface area contributed by atoms with Crippen molar-refractivity contribution >= 4 is 5.78 Å². The first kappa shape index (κ1) is 10.4. The molecular weight excluding hydrogens is 192 g/mol. The van der Waals surface area contributed by atoms with E-state index in [9.17, 15) is 4.79 Å². The molecule has 82 valence electrons. The van der Waals surface area contributed by atoms with Gasteiger partial charge in [0.15, 0.2) is 0 Å². The molecular formula is C12H16O3. The third kappa shape index (κ3) is 2.69. The summed E-state index contributed by atoms with van der Waals surface area (Å²) in [6, 6.07) is 3.90. The van der Waals surface area contributed by atoms with Crippen molar-refractivity contribution in [1.29, 1.82) is 0 Å². The predicted molar refractivity (Wildman–Crippen MR) is 55.9 cm³/mol. The molecule has 0 spiro atoms. The number of Topliss-reactive ketones (excluding diaryl/α,β-unsaturated/α-hetero) is 1. The summed E-state index contributed by atoms with van der Waals surface area (Å²) in [5.74, 6) is 2.40. The van der Waals surface area contributed by atoms with Crippen LogP contribution in [0.1, 0.15) is 37.2 Å². The van der Waals surface area contributed by atoms with Crippen molar-refractivity contribution in [2.45, 2.75) is 32.1 Å². The first-order valence-electron chi connectivity index (χ1n) is 5.41. The van der Waals surface area contributed by atoms with E-state index in [0.29, 0.717) is 12.3 Å². The zero-order valence-corrected chi connectivity index (χ0v) is 8.99. The molecule has 0 aromatic carbocycles. The number of ether oxygens (including phenoxy) is 1. The van der Waals surface area contributed by atoms with Crippen molar-refractivity contribution in [3.05, 3.63) is 23.7 Å². The Labute approximate surface area is 89.4 Å². The third-order valence-corrected chi connectivity index (χ3v) is 2.73. The lowest BCUT2D eigenvalue weighted by Crippen LogP contribution is -2.13. The number of rotatable bonds is 3. The maximum atomic E-state index is 10.9. The highest BCUT2D eigenvalue weighted by Gasteiger charge is 2.19. The molecule has 0 saturated carbocycles. The molecule has 2 heterocycles. The van der Waals surface area contributed by atoms with Crippen molar-refractivity contribution in [3.63, 3.8) is 0 Å². The van der Waals surface area contributed by atoms with Crippen LogP contribution in [0.25, 0.3) is 0 Å². The zero-order chi connectivity index (χ0) is 10.7. The lowest BCUT2D eigenvalue weighted by molar-refractivity contribution is -0.116. The van der Waals surface area contributed by atoms with Crippen molar-refractivity contribution in [2.75, 3.05) is 13.2 Å². The van der Waals surface area contributed by atoms with Gasteiger partial charge in [0.05, 0.1) is 6.42 Å². The summed E-state index contributed by atoms with van der Waals surface area (Å²) in [7, 11) is 0. The van der Waals surface area contributed by atoms with Gasteiger partial charge in [-0.25, -0.2) is 0 Å². The predicted octanol–water partition coefficient (Wildman–Crippen LogP) is 2.31. The van der Waals surface area contributed by atoms with Crippen molar-refractivity contribution in [3.8, 4) is 0 Å². The highest BCUT2D eigenvalue weighted by Crippen LogP contribution is 2.28. The summed E-state index contributed by atoms with van der Waals surface area (Å²) in [5, 5.41) is 0. The second-order valence-corrected chi connectivity index (χ2v) is 4.07. The number of furan rings is 1. The molecule has 0 aliphatic carbocycles. The molecule has 2 rings (SSSR count). The van der Waals surface area contributed by atoms with Crippen molar-refractivity contribution < 1.29 is 13.9 Å². The summed E-state index contributed by atoms with van der Waals surface area (Å²) >= 11 is 0. The molecule has 3 heteroatoms. The summed E-state index contributed by atoms with van der Waals surface area (Å²) in [5.41, 5.74) is 0. The number of hydrogen-bond acceptors (Lipinski definition) is 3. The maximum Gasteiger partial charge on any atom is 0.137 e. The van der Waals surface area contributed by atoms with E-state index in [0.717, 1.165) is 37.6 Å². The Bertz CT molecular complexity index is 334. The van der Waals surface area contributed by atoms with Crippen LogP contribution in [0.2, 0.25) is 0 Å². The van der Waals surface area contributed by atoms with Crippen molar-refractivity contribution in [1.82, 2.24) is 0 Å². The summed E-state index contributed by atoms with van der Waals surface area (Å²) < 4.78 is 11.0. The molecule has 1 aromatic heterocycles. The monoisotopic (exact) mass is 208 g/mol. The maximum absolute atomic E-state index is 10.9. The van der Waals surface area contributed by atoms with Gasteiger partial charge < -0.3 is 9.15 Å². The van der Waals surface area contributed by atoms with Crippen LogP contribution in [0, 0.1) is 0 Å². The lowest BCUT2D eigenvalue weighted by Gasteiger charge is -2.19. The second kappa shape index (κ2) is 4.62. The number of carbonyl (C=O) groups is 1. The first-order valence-corrected chi connectivity index (χ1v) is 5.41. The highest BCUT2D eigenvalue weighted by atomic mass is 16.5. The van der Waals surface area contributed by atoms with Gasteiger partial charge in [0.25, 0.3) is 0 Å². The second-order valence-electron chi connectivity index (χ2n) is 4.07. The molecule has 0 atom stereocenters. The van der Waals surface area contributed by atoms with Gasteiger partial charge in [-0.3, -0.25) is 4.79 Å². The largest absolute Gasteiger partial charge is 0.465 e. The zero-order valence-electron chi connectivity index (χ0n) is 8.99. The highest BCUT2D eigenvalue weighted by molar-refractivity contribution is 5.77. The van der Waals surface area contributed by atoms with Crippen LogP contribution in [0.5, 0.6) is 0 Å². The Morgan fingerprint density at radius 1 is 1.40 bits per heavy atom. The van der Waals surface area contributed by atoms with Crippen LogP contribution in [0.3, 0.4) is 0 Å². The minimum absolute atomic E-state index is 0.142. The smallest absolute Gasteiger partial charge is 0.137 e. The van der Waals surface area contributed by atoms with Crippen LogP contribution < -0.4 is 0 Å². The Morgan fingerprint density at radius 2 is 2.13 bits per heavy atom. The SMILES string of the molecule is CC(=O)Cc1ccc(C2CCOCC2)o1. The summed E-state index contributed by atoms with van der Waals surface area (Å²) in [6.07, 6.45) is 2.45. The molecule has 1 aromatic rings. The molecule has 0 bridgehead atoms. The molecule has 3 nitrogen and oxygen atoms in total. The van der Waals surface area contributed by atoms with E-state index in [1.807, 2.05) is 12.1 Å². The van der Waals surface area contributed by atoms with Crippen LogP contribution in [0.15, 0.2) is 16.5 Å². The van der Waals surface area contributed by atoms with Gasteiger partial charge in [0.2, 0.25) is 0 Å². The fourth-order valence-electron chi connectivity index (χ4n) is 1.94. The van der Waals surface area contributed by atoms with Gasteiger partial charge in [0, 0.05) is 19.1 Å². The van der Waals surface area contributed by atoms with E-state index in [4.69, 9.17) is 9.15 Å². The molecule has 0 amide bonds. The van der Waals surface area contributed by atoms with Crippen LogP contribution in [-0.4, -0.2) is 19.0 Å². The Kier molecular flexibility index (Phi) is 3.21. The fourth-order valence-corrected chi connectivity index (χ4v) is 1.94. The Morgan fingerprint density at radius 3 is 2.80 bits per heavy atom. The van der Waals surface area contributed by atoms with E-state index >= 15 is 0 Å². The van der Waals surface area contributed by atoms with Crippen LogP contribution in [0.4, 0.5) is 0 Å². The molecule has 15 heavy (non-hydrogen) atoms. The number of hydrogen-bond donors (Lipinski definition) is 0. The lowest BCUT2D eigenvalue weighted by atomic mass is 9.98. The fraction of sp³-hybridized carbons (Fsp3) is 0.583. The summed E-state index contributed by atoms with van der Waals surface area (Å²) in [4.78, 5) is 10.9. The molecule has 0 unspecified atom stereocenters. The normalized spacial score (nSPS) is 17.9. The molecule has 1 saturated heterocycles. The van der Waals surface area contributed by atoms with E-state index < -0.39 is 0 Å². The Hall–Kier alpha value is -1.09. The Balaban J connectivity index is 2.02. The standard InChI is InChI=1S/C12H16O3/c1-9(13)8-11-2-3-12(15-11)10-4-6-14-7-5-10/h2-3,10H,4-8H2,1H3. The van der Waals surface area contributed by atoms with E-state index in [2.05, 4.69) is 0 Å². The first-order chi connectivity index (χ1) is 7.25. The van der Waals surface area contributed by atoms with Crippen LogP contribution >= 0.6 is 0 Å². The molecule has 0 radical (unpaired) electrons. The average Bonchev–Trinajstić information content (AvgIpc) is 2.67. The van der Waals surface area contributed by atoms with Gasteiger partial charge in [0.1, 0.15) is 17.3 Å². The van der Waals surface area contributed by atoms with Gasteiger partial charge in [-0.05, 0) is 31.9 Å². The topological polar surface area (TPSA) is 39.4 Å². The average molecular weight is 208 g/mol.